The van der Waals surface area contributed by atoms with E-state index in [2.05, 4.69) is 19.9 Å². The molecule has 0 spiro atoms. The predicted octanol–water partition coefficient (Wildman–Crippen LogP) is 8.96. The van der Waals surface area contributed by atoms with Gasteiger partial charge in [-0.2, -0.15) is 0 Å². The van der Waals surface area contributed by atoms with Gasteiger partial charge in [-0.15, -0.1) is 0 Å². The van der Waals surface area contributed by atoms with Gasteiger partial charge in [0.1, 0.15) is 5.82 Å². The van der Waals surface area contributed by atoms with Gasteiger partial charge in [0.2, 0.25) is 0 Å². The van der Waals surface area contributed by atoms with E-state index in [4.69, 9.17) is 9.47 Å². The zero-order chi connectivity index (χ0) is 23.3. The smallest absolute Gasteiger partial charge is 0.157 e. The number of halogens is 1. The van der Waals surface area contributed by atoms with E-state index >= 15 is 0 Å². The molecule has 1 aliphatic heterocycles. The zero-order valence-corrected chi connectivity index (χ0v) is 21.5. The fraction of sp³-hybridized carbons (Fsp3) is 0.800. The zero-order valence-electron chi connectivity index (χ0n) is 21.5. The summed E-state index contributed by atoms with van der Waals surface area (Å²) in [5.74, 6) is 1.92. The van der Waals surface area contributed by atoms with E-state index in [1.165, 1.54) is 95.5 Å². The summed E-state index contributed by atoms with van der Waals surface area (Å²) in [5, 5.41) is 0. The number of benzene rings is 1. The van der Waals surface area contributed by atoms with Crippen LogP contribution in [0.15, 0.2) is 18.2 Å². The first-order chi connectivity index (χ1) is 16.2. The largest absolute Gasteiger partial charge is 0.352 e. The number of unbranched alkanes of at least 4 members (excludes halogenated alkanes) is 6. The second kappa shape index (κ2) is 15.1. The Labute approximate surface area is 203 Å². The van der Waals surface area contributed by atoms with E-state index in [0.717, 1.165) is 31.1 Å². The first-order valence-corrected chi connectivity index (χ1v) is 14.2. The van der Waals surface area contributed by atoms with Gasteiger partial charge in [-0.25, -0.2) is 4.39 Å². The van der Waals surface area contributed by atoms with Crippen LogP contribution in [0.25, 0.3) is 0 Å². The SMILES string of the molecule is CCCCCCCC1COC(CCc2ccc(C3CCC(CCCCC)CC3)cc2F)OC1. The molecule has 0 radical (unpaired) electrons. The van der Waals surface area contributed by atoms with Crippen LogP contribution in [0.2, 0.25) is 0 Å². The summed E-state index contributed by atoms with van der Waals surface area (Å²) < 4.78 is 26.7. The average molecular weight is 461 g/mol. The van der Waals surface area contributed by atoms with Crippen molar-refractivity contribution >= 4 is 0 Å². The third kappa shape index (κ3) is 9.32. The van der Waals surface area contributed by atoms with Crippen molar-refractivity contribution in [3.63, 3.8) is 0 Å². The fourth-order valence-electron chi connectivity index (χ4n) is 5.71. The van der Waals surface area contributed by atoms with E-state index in [0.29, 0.717) is 18.3 Å². The van der Waals surface area contributed by atoms with E-state index < -0.39 is 0 Å². The molecule has 1 aliphatic carbocycles. The molecule has 2 nitrogen and oxygen atoms in total. The second-order valence-electron chi connectivity index (χ2n) is 10.8. The standard InChI is InChI=1S/C30H49FO2/c1-3-5-7-8-10-12-25-22-32-30(33-23-25)20-19-27-17-18-28(21-29(27)31)26-15-13-24(14-16-26)11-9-6-4-2/h17-18,21,24-26,30H,3-16,19-20,22-23H2,1-2H3. The Morgan fingerprint density at radius 3 is 2.09 bits per heavy atom. The minimum atomic E-state index is -0.177. The van der Waals surface area contributed by atoms with Crippen LogP contribution >= 0.6 is 0 Å². The molecule has 0 unspecified atom stereocenters. The lowest BCUT2D eigenvalue weighted by Crippen LogP contribution is -2.32. The van der Waals surface area contributed by atoms with E-state index in [9.17, 15) is 4.39 Å². The lowest BCUT2D eigenvalue weighted by molar-refractivity contribution is -0.203. The van der Waals surface area contributed by atoms with Crippen LogP contribution in [0.5, 0.6) is 0 Å². The molecule has 3 heteroatoms. The van der Waals surface area contributed by atoms with Crippen LogP contribution in [0.4, 0.5) is 4.39 Å². The van der Waals surface area contributed by atoms with Crippen LogP contribution in [0.3, 0.4) is 0 Å². The van der Waals surface area contributed by atoms with Crippen molar-refractivity contribution in [2.24, 2.45) is 11.8 Å². The molecule has 1 saturated heterocycles. The van der Waals surface area contributed by atoms with Gasteiger partial charge < -0.3 is 9.47 Å². The summed E-state index contributed by atoms with van der Waals surface area (Å²) >= 11 is 0. The highest BCUT2D eigenvalue weighted by atomic mass is 19.1. The minimum absolute atomic E-state index is 0.0432. The maximum atomic E-state index is 14.8. The summed E-state index contributed by atoms with van der Waals surface area (Å²) in [6.45, 7) is 6.11. The van der Waals surface area contributed by atoms with E-state index in [-0.39, 0.29) is 12.1 Å². The normalized spacial score (nSPS) is 25.9. The van der Waals surface area contributed by atoms with E-state index in [1.807, 2.05) is 12.1 Å². The predicted molar refractivity (Wildman–Crippen MR) is 136 cm³/mol. The van der Waals surface area contributed by atoms with Gasteiger partial charge in [-0.1, -0.05) is 83.8 Å². The molecule has 1 aromatic carbocycles. The van der Waals surface area contributed by atoms with Gasteiger partial charge in [0.15, 0.2) is 6.29 Å². The molecule has 0 aromatic heterocycles. The molecule has 3 rings (SSSR count). The monoisotopic (exact) mass is 460 g/mol. The Morgan fingerprint density at radius 1 is 0.758 bits per heavy atom. The number of aryl methyl sites for hydroxylation is 1. The Bertz CT molecular complexity index is 645. The van der Waals surface area contributed by atoms with Crippen LogP contribution in [0, 0.1) is 17.7 Å². The molecule has 1 aromatic rings. The molecule has 0 atom stereocenters. The third-order valence-electron chi connectivity index (χ3n) is 8.01. The lowest BCUT2D eigenvalue weighted by Gasteiger charge is -2.30. The Balaban J connectivity index is 1.34. The van der Waals surface area contributed by atoms with Crippen molar-refractivity contribution in [3.05, 3.63) is 35.1 Å². The third-order valence-corrected chi connectivity index (χ3v) is 8.01. The topological polar surface area (TPSA) is 18.5 Å². The number of hydrogen-bond donors (Lipinski definition) is 0. The van der Waals surface area contributed by atoms with Gasteiger partial charge >= 0.3 is 0 Å². The summed E-state index contributed by atoms with van der Waals surface area (Å²) in [5.41, 5.74) is 2.01. The first kappa shape index (κ1) is 26.7. The molecule has 188 valence electrons. The Kier molecular flexibility index (Phi) is 12.2. The summed E-state index contributed by atoms with van der Waals surface area (Å²) in [6.07, 6.45) is 19.5. The molecular weight excluding hydrogens is 411 g/mol. The van der Waals surface area contributed by atoms with Crippen molar-refractivity contribution < 1.29 is 13.9 Å². The highest BCUT2D eigenvalue weighted by Gasteiger charge is 2.24. The minimum Gasteiger partial charge on any atom is -0.352 e. The molecule has 0 N–H and O–H groups in total. The molecule has 1 heterocycles. The van der Waals surface area contributed by atoms with Crippen LogP contribution in [0.1, 0.15) is 127 Å². The van der Waals surface area contributed by atoms with Crippen molar-refractivity contribution in [1.82, 2.24) is 0 Å². The fourth-order valence-corrected chi connectivity index (χ4v) is 5.71. The second-order valence-corrected chi connectivity index (χ2v) is 10.8. The van der Waals surface area contributed by atoms with E-state index in [1.54, 1.807) is 0 Å². The van der Waals surface area contributed by atoms with Gasteiger partial charge in [0.05, 0.1) is 13.2 Å². The Hall–Kier alpha value is -0.930. The van der Waals surface area contributed by atoms with Crippen LogP contribution < -0.4 is 0 Å². The highest BCUT2D eigenvalue weighted by Crippen LogP contribution is 2.38. The molecular formula is C30H49FO2. The van der Waals surface area contributed by atoms with Gasteiger partial charge in [0, 0.05) is 12.3 Å². The molecule has 2 aliphatic rings. The lowest BCUT2D eigenvalue weighted by atomic mass is 9.77. The average Bonchev–Trinajstić information content (AvgIpc) is 2.84. The van der Waals surface area contributed by atoms with Crippen molar-refractivity contribution in [3.8, 4) is 0 Å². The summed E-state index contributed by atoms with van der Waals surface area (Å²) in [7, 11) is 0. The van der Waals surface area contributed by atoms with Gasteiger partial charge in [-0.3, -0.25) is 0 Å². The molecule has 2 fully saturated rings. The number of hydrogen-bond acceptors (Lipinski definition) is 2. The number of ether oxygens (including phenoxy) is 2. The molecule has 0 bridgehead atoms. The van der Waals surface area contributed by atoms with Gasteiger partial charge in [0.25, 0.3) is 0 Å². The maximum Gasteiger partial charge on any atom is 0.157 e. The van der Waals surface area contributed by atoms with Crippen molar-refractivity contribution in [2.75, 3.05) is 13.2 Å². The molecule has 0 amide bonds. The first-order valence-electron chi connectivity index (χ1n) is 14.2. The highest BCUT2D eigenvalue weighted by molar-refractivity contribution is 5.27. The quantitative estimate of drug-likeness (QED) is 0.258. The number of rotatable bonds is 14. The van der Waals surface area contributed by atoms with Gasteiger partial charge in [-0.05, 0) is 67.6 Å². The van der Waals surface area contributed by atoms with Crippen LogP contribution in [-0.2, 0) is 15.9 Å². The summed E-state index contributed by atoms with van der Waals surface area (Å²) in [6, 6.07) is 6.01. The Morgan fingerprint density at radius 2 is 1.39 bits per heavy atom. The molecule has 1 saturated carbocycles. The van der Waals surface area contributed by atoms with Crippen molar-refractivity contribution in [2.45, 2.75) is 129 Å². The summed E-state index contributed by atoms with van der Waals surface area (Å²) in [4.78, 5) is 0. The molecule has 33 heavy (non-hydrogen) atoms. The maximum absolute atomic E-state index is 14.8. The van der Waals surface area contributed by atoms with Crippen LogP contribution in [-0.4, -0.2) is 19.5 Å². The van der Waals surface area contributed by atoms with Crippen molar-refractivity contribution in [1.29, 1.82) is 0 Å².